The van der Waals surface area contributed by atoms with Crippen LogP contribution in [-0.2, 0) is 15.7 Å². The smallest absolute Gasteiger partial charge is 0.368 e. The molecule has 0 aromatic carbocycles. The molecule has 1 N–H and O–H groups in total. The van der Waals surface area contributed by atoms with Crippen molar-refractivity contribution in [1.29, 1.82) is 0 Å². The Balaban J connectivity index is 2.08. The topological polar surface area (TPSA) is 51.2 Å². The summed E-state index contributed by atoms with van der Waals surface area (Å²) in [6.07, 6.45) is -3.79. The second-order valence-corrected chi connectivity index (χ2v) is 5.95. The molecule has 18 heavy (non-hydrogen) atoms. The Kier molecular flexibility index (Phi) is 3.93. The number of thiazole rings is 1. The Morgan fingerprint density at radius 2 is 2.28 bits per heavy atom. The SMILES string of the molecule is O=C(Nc1nc(C(F)(F)F)c(Br)s1)C1CCCO1. The molecular weight excluding hydrogens is 337 g/mol. The summed E-state index contributed by atoms with van der Waals surface area (Å²) in [5, 5.41) is 2.24. The van der Waals surface area contributed by atoms with Gasteiger partial charge < -0.3 is 4.74 Å². The molecule has 1 unspecified atom stereocenters. The Bertz CT molecular complexity index is 457. The quantitative estimate of drug-likeness (QED) is 0.897. The molecule has 1 aromatic rings. The van der Waals surface area contributed by atoms with Crippen LogP contribution in [-0.4, -0.2) is 23.6 Å². The number of amides is 1. The van der Waals surface area contributed by atoms with Gasteiger partial charge in [-0.3, -0.25) is 10.1 Å². The molecule has 1 aromatic heterocycles. The molecule has 0 saturated carbocycles. The predicted molar refractivity (Wildman–Crippen MR) is 62.4 cm³/mol. The molecule has 4 nitrogen and oxygen atoms in total. The molecule has 0 radical (unpaired) electrons. The Morgan fingerprint density at radius 1 is 1.56 bits per heavy atom. The van der Waals surface area contributed by atoms with E-state index < -0.39 is 23.9 Å². The third-order valence-electron chi connectivity index (χ3n) is 2.31. The zero-order valence-corrected chi connectivity index (χ0v) is 11.3. The van der Waals surface area contributed by atoms with Crippen LogP contribution in [0.15, 0.2) is 3.79 Å². The van der Waals surface area contributed by atoms with Gasteiger partial charge in [-0.15, -0.1) is 0 Å². The lowest BCUT2D eigenvalue weighted by atomic mass is 10.2. The van der Waals surface area contributed by atoms with Crippen LogP contribution >= 0.6 is 27.3 Å². The minimum atomic E-state index is -4.54. The normalized spacial score (nSPS) is 20.1. The standard InChI is InChI=1S/C9H8BrF3N2O2S/c10-6-5(9(11,12)13)14-8(18-6)15-7(16)4-2-1-3-17-4/h4H,1-3H2,(H,14,15,16). The molecule has 2 rings (SSSR count). The predicted octanol–water partition coefficient (Wildman–Crippen LogP) is 3.04. The molecule has 1 atom stereocenters. The number of carbonyl (C=O) groups is 1. The monoisotopic (exact) mass is 344 g/mol. The van der Waals surface area contributed by atoms with E-state index in [0.717, 1.165) is 17.8 Å². The van der Waals surface area contributed by atoms with Crippen molar-refractivity contribution in [3.63, 3.8) is 0 Å². The van der Waals surface area contributed by atoms with E-state index in [0.29, 0.717) is 13.0 Å². The summed E-state index contributed by atoms with van der Waals surface area (Å²) >= 11 is 3.51. The molecule has 1 fully saturated rings. The molecule has 0 bridgehead atoms. The van der Waals surface area contributed by atoms with E-state index in [4.69, 9.17) is 4.74 Å². The molecule has 1 saturated heterocycles. The number of rotatable bonds is 2. The highest BCUT2D eigenvalue weighted by Crippen LogP contribution is 2.39. The fourth-order valence-electron chi connectivity index (χ4n) is 1.50. The van der Waals surface area contributed by atoms with E-state index in [1.807, 2.05) is 0 Å². The third kappa shape index (κ3) is 3.01. The Morgan fingerprint density at radius 3 is 2.78 bits per heavy atom. The molecule has 1 aliphatic heterocycles. The number of hydrogen-bond donors (Lipinski definition) is 1. The van der Waals surface area contributed by atoms with Crippen LogP contribution in [0.3, 0.4) is 0 Å². The summed E-state index contributed by atoms with van der Waals surface area (Å²) in [4.78, 5) is 15.0. The van der Waals surface area contributed by atoms with Gasteiger partial charge in [-0.1, -0.05) is 11.3 Å². The fraction of sp³-hybridized carbons (Fsp3) is 0.556. The van der Waals surface area contributed by atoms with Gasteiger partial charge in [0.2, 0.25) is 0 Å². The van der Waals surface area contributed by atoms with Crippen LogP contribution in [0, 0.1) is 0 Å². The van der Waals surface area contributed by atoms with Crippen LogP contribution in [0.25, 0.3) is 0 Å². The van der Waals surface area contributed by atoms with Crippen LogP contribution in [0.5, 0.6) is 0 Å². The number of nitrogens with zero attached hydrogens (tertiary/aromatic N) is 1. The van der Waals surface area contributed by atoms with Crippen LogP contribution < -0.4 is 5.32 Å². The maximum atomic E-state index is 12.5. The molecule has 0 aliphatic carbocycles. The van der Waals surface area contributed by atoms with Gasteiger partial charge in [0.15, 0.2) is 10.8 Å². The van der Waals surface area contributed by atoms with E-state index in [9.17, 15) is 18.0 Å². The molecular formula is C9H8BrF3N2O2S. The highest BCUT2D eigenvalue weighted by molar-refractivity contribution is 9.11. The zero-order chi connectivity index (χ0) is 13.3. The average molecular weight is 345 g/mol. The first-order valence-corrected chi connectivity index (χ1v) is 6.65. The van der Waals surface area contributed by atoms with Gasteiger partial charge >= 0.3 is 6.18 Å². The van der Waals surface area contributed by atoms with Crippen molar-refractivity contribution in [2.45, 2.75) is 25.1 Å². The van der Waals surface area contributed by atoms with Gasteiger partial charge in [0.1, 0.15) is 9.89 Å². The number of nitrogens with one attached hydrogen (secondary N) is 1. The molecule has 1 aliphatic rings. The van der Waals surface area contributed by atoms with Crippen LogP contribution in [0.1, 0.15) is 18.5 Å². The number of aromatic nitrogens is 1. The van der Waals surface area contributed by atoms with Crippen molar-refractivity contribution in [1.82, 2.24) is 4.98 Å². The summed E-state index contributed by atoms with van der Waals surface area (Å²) in [7, 11) is 0. The second kappa shape index (κ2) is 5.14. The van der Waals surface area contributed by atoms with E-state index in [-0.39, 0.29) is 8.92 Å². The van der Waals surface area contributed by atoms with Crippen molar-refractivity contribution in [2.24, 2.45) is 0 Å². The summed E-state index contributed by atoms with van der Waals surface area (Å²) in [5.41, 5.74) is -1.03. The van der Waals surface area contributed by atoms with E-state index in [1.54, 1.807) is 0 Å². The van der Waals surface area contributed by atoms with Gasteiger partial charge in [-0.2, -0.15) is 13.2 Å². The van der Waals surface area contributed by atoms with E-state index in [2.05, 4.69) is 26.2 Å². The molecule has 100 valence electrons. The van der Waals surface area contributed by atoms with Crippen molar-refractivity contribution in [2.75, 3.05) is 11.9 Å². The number of carbonyl (C=O) groups excluding carboxylic acids is 1. The van der Waals surface area contributed by atoms with E-state index in [1.165, 1.54) is 0 Å². The lowest BCUT2D eigenvalue weighted by Crippen LogP contribution is -2.26. The number of anilines is 1. The van der Waals surface area contributed by atoms with Crippen molar-refractivity contribution in [3.8, 4) is 0 Å². The average Bonchev–Trinajstić information content (AvgIpc) is 2.85. The van der Waals surface area contributed by atoms with Crippen LogP contribution in [0.4, 0.5) is 18.3 Å². The van der Waals surface area contributed by atoms with Crippen molar-refractivity contribution < 1.29 is 22.7 Å². The summed E-state index contributed by atoms with van der Waals surface area (Å²) in [6.45, 7) is 0.494. The largest absolute Gasteiger partial charge is 0.435 e. The van der Waals surface area contributed by atoms with Gasteiger partial charge in [-0.05, 0) is 28.8 Å². The maximum absolute atomic E-state index is 12.5. The summed E-state index contributed by atoms with van der Waals surface area (Å²) in [6, 6.07) is 0. The van der Waals surface area contributed by atoms with E-state index >= 15 is 0 Å². The second-order valence-electron chi connectivity index (χ2n) is 3.63. The molecule has 0 spiro atoms. The molecule has 1 amide bonds. The highest BCUT2D eigenvalue weighted by atomic mass is 79.9. The lowest BCUT2D eigenvalue weighted by molar-refractivity contribution is -0.141. The zero-order valence-electron chi connectivity index (χ0n) is 8.88. The molecule has 9 heteroatoms. The van der Waals surface area contributed by atoms with Crippen molar-refractivity contribution >= 4 is 38.3 Å². The van der Waals surface area contributed by atoms with Crippen LogP contribution in [0.2, 0.25) is 0 Å². The number of halogens is 4. The Hall–Kier alpha value is -0.670. The molecule has 2 heterocycles. The Labute approximate surface area is 113 Å². The van der Waals surface area contributed by atoms with Gasteiger partial charge in [0.05, 0.1) is 0 Å². The number of hydrogen-bond acceptors (Lipinski definition) is 4. The highest BCUT2D eigenvalue weighted by Gasteiger charge is 2.37. The number of alkyl halides is 3. The fourth-order valence-corrected chi connectivity index (χ4v) is 2.99. The summed E-state index contributed by atoms with van der Waals surface area (Å²) in [5.74, 6) is -0.456. The first kappa shape index (κ1) is 13.8. The van der Waals surface area contributed by atoms with Crippen molar-refractivity contribution in [3.05, 3.63) is 9.48 Å². The first-order valence-electron chi connectivity index (χ1n) is 5.04. The van der Waals surface area contributed by atoms with Gasteiger partial charge in [0.25, 0.3) is 5.91 Å². The minimum Gasteiger partial charge on any atom is -0.368 e. The third-order valence-corrected chi connectivity index (χ3v) is 3.93. The maximum Gasteiger partial charge on any atom is 0.435 e. The first-order chi connectivity index (χ1) is 8.38. The van der Waals surface area contributed by atoms with Gasteiger partial charge in [-0.25, -0.2) is 4.98 Å². The summed E-state index contributed by atoms with van der Waals surface area (Å²) < 4.78 is 42.4. The lowest BCUT2D eigenvalue weighted by Gasteiger charge is -2.07. The number of ether oxygens (including phenoxy) is 1. The minimum absolute atomic E-state index is 0.0882. The van der Waals surface area contributed by atoms with Gasteiger partial charge in [0, 0.05) is 6.61 Å².